The summed E-state index contributed by atoms with van der Waals surface area (Å²) < 4.78 is 7.04. The molecule has 0 saturated heterocycles. The minimum Gasteiger partial charge on any atom is -0.454 e. The second-order valence-electron chi connectivity index (χ2n) is 24.0. The van der Waals surface area contributed by atoms with Gasteiger partial charge in [-0.05, 0) is 165 Å². The van der Waals surface area contributed by atoms with E-state index in [1.807, 2.05) is 0 Å². The van der Waals surface area contributed by atoms with E-state index in [2.05, 4.69) is 269 Å². The zero-order chi connectivity index (χ0) is 52.1. The summed E-state index contributed by atoms with van der Waals surface area (Å²) in [5.74, 6) is 0. The highest BCUT2D eigenvalue weighted by Gasteiger charge is 2.45. The number of benzene rings is 8. The quantitative estimate of drug-likeness (QED) is 0.107. The van der Waals surface area contributed by atoms with E-state index in [0.29, 0.717) is 0 Å². The molecule has 0 unspecified atom stereocenters. The summed E-state index contributed by atoms with van der Waals surface area (Å²) in [5.41, 5.74) is 22.6. The topological polar surface area (TPSA) is 22.9 Å². The minimum atomic E-state index is -0.0460. The maximum absolute atomic E-state index is 7.04. The highest BCUT2D eigenvalue weighted by Crippen LogP contribution is 2.51. The van der Waals surface area contributed by atoms with Crippen molar-refractivity contribution in [3.05, 3.63) is 192 Å². The van der Waals surface area contributed by atoms with Crippen LogP contribution in [0.1, 0.15) is 137 Å². The first-order valence-electron chi connectivity index (χ1n) is 27.5. The second-order valence-corrected chi connectivity index (χ2v) is 24.0. The molecule has 374 valence electrons. The Labute approximate surface area is 442 Å². The van der Waals surface area contributed by atoms with Gasteiger partial charge in [0, 0.05) is 50.6 Å². The Morgan fingerprint density at radius 1 is 0.419 bits per heavy atom. The average molecular weight is 972 g/mol. The van der Waals surface area contributed by atoms with Crippen molar-refractivity contribution in [1.29, 1.82) is 0 Å². The first-order chi connectivity index (χ1) is 35.4. The van der Waals surface area contributed by atoms with Crippen LogP contribution in [-0.4, -0.2) is 6.71 Å². The van der Waals surface area contributed by atoms with Gasteiger partial charge in [0.15, 0.2) is 5.58 Å². The average Bonchev–Trinajstić information content (AvgIpc) is 3.82. The van der Waals surface area contributed by atoms with Crippen LogP contribution in [0.2, 0.25) is 0 Å². The van der Waals surface area contributed by atoms with E-state index >= 15 is 0 Å². The molecule has 74 heavy (non-hydrogen) atoms. The molecule has 3 heterocycles. The molecule has 2 aliphatic heterocycles. The molecule has 1 aromatic heterocycles. The number of hydrogen-bond acceptors (Lipinski definition) is 4. The van der Waals surface area contributed by atoms with Crippen molar-refractivity contribution < 1.29 is 4.42 Å². The fourth-order valence-electron chi connectivity index (χ4n) is 11.6. The van der Waals surface area contributed by atoms with Crippen molar-refractivity contribution in [2.75, 3.05) is 14.7 Å². The van der Waals surface area contributed by atoms with Crippen LogP contribution < -0.4 is 31.1 Å². The van der Waals surface area contributed by atoms with E-state index in [9.17, 15) is 0 Å². The van der Waals surface area contributed by atoms with E-state index in [1.54, 1.807) is 0 Å². The van der Waals surface area contributed by atoms with Crippen molar-refractivity contribution in [2.45, 2.75) is 137 Å². The van der Waals surface area contributed by atoms with Crippen LogP contribution in [0.3, 0.4) is 0 Å². The number of para-hydroxylation sites is 3. The van der Waals surface area contributed by atoms with E-state index in [4.69, 9.17) is 4.42 Å². The molecule has 0 spiro atoms. The lowest BCUT2D eigenvalue weighted by atomic mass is 9.33. The maximum Gasteiger partial charge on any atom is 0.252 e. The fourth-order valence-corrected chi connectivity index (χ4v) is 11.6. The molecule has 5 heteroatoms. The van der Waals surface area contributed by atoms with Gasteiger partial charge in [0.2, 0.25) is 0 Å². The molecule has 0 fully saturated rings. The third kappa shape index (κ3) is 7.96. The molecule has 0 saturated carbocycles. The van der Waals surface area contributed by atoms with Gasteiger partial charge in [-0.2, -0.15) is 0 Å². The molecular weight excluding hydrogens is 898 g/mol. The zero-order valence-corrected chi connectivity index (χ0v) is 46.2. The smallest absolute Gasteiger partial charge is 0.252 e. The summed E-state index contributed by atoms with van der Waals surface area (Å²) in [6.07, 6.45) is 4.19. The summed E-state index contributed by atoms with van der Waals surface area (Å²) in [6, 6.07) is 62.8. The Bertz CT molecular complexity index is 3430. The van der Waals surface area contributed by atoms with Crippen LogP contribution in [0.4, 0.5) is 51.2 Å². The Morgan fingerprint density at radius 2 is 0.851 bits per heavy atom. The van der Waals surface area contributed by atoms with Crippen molar-refractivity contribution in [2.24, 2.45) is 0 Å². The van der Waals surface area contributed by atoms with Crippen LogP contribution in [0, 0.1) is 6.92 Å². The molecule has 0 aliphatic carbocycles. The van der Waals surface area contributed by atoms with E-state index in [-0.39, 0.29) is 28.4 Å². The molecule has 0 radical (unpaired) electrons. The summed E-state index contributed by atoms with van der Waals surface area (Å²) in [5, 5.41) is 2.24. The van der Waals surface area contributed by atoms with Crippen molar-refractivity contribution in [3.8, 4) is 0 Å². The van der Waals surface area contributed by atoms with Gasteiger partial charge >= 0.3 is 0 Å². The number of anilines is 9. The SMILES string of the molecule is CCC(C)(C)c1ccc(N2c3ccc(C(C)(C)CC)cc3B3c4cc(C(C)(C)CC)ccc4N(c4ccc(C(C)(C)CC)cc4)c4cc(N(c5ccccc5)c5cccc6c5oc5c(C)cccc56)cc2c43)cc1. The van der Waals surface area contributed by atoms with Crippen LogP contribution >= 0.6 is 0 Å². The van der Waals surface area contributed by atoms with Crippen molar-refractivity contribution >= 4 is 96.2 Å². The molecule has 4 nitrogen and oxygen atoms in total. The highest BCUT2D eigenvalue weighted by atomic mass is 16.3. The number of hydrogen-bond donors (Lipinski definition) is 0. The predicted octanol–water partition coefficient (Wildman–Crippen LogP) is 18.2. The van der Waals surface area contributed by atoms with Crippen LogP contribution in [0.5, 0.6) is 0 Å². The standard InChI is InChI=1S/C69H74BN3O/c1-14-66(6,7)46-29-35-51(36-30-46)72-58-39-33-48(68(10,11)16-3)41-56(58)70-57-42-49(69(12,13)17-4)34-40-59(57)73(52-37-31-47(32-38-52)67(8,9)15-2)62-44-53(43-61(72)63(62)70)71(50-24-19-18-20-25-50)60-28-22-27-55-54-26-21-23-45(5)64(54)74-65(55)60/h18-44H,14-17H2,1-13H3. The third-order valence-electron chi connectivity index (χ3n) is 18.2. The monoisotopic (exact) mass is 972 g/mol. The summed E-state index contributed by atoms with van der Waals surface area (Å²) in [6.45, 7) is 30.4. The van der Waals surface area contributed by atoms with Gasteiger partial charge in [-0.1, -0.05) is 180 Å². The normalized spacial score (nSPS) is 13.6. The molecule has 0 amide bonds. The fraction of sp³-hybridized carbons (Fsp3) is 0.304. The Morgan fingerprint density at radius 3 is 1.32 bits per heavy atom. The summed E-state index contributed by atoms with van der Waals surface area (Å²) in [7, 11) is 0. The number of fused-ring (bicyclic) bond motifs is 7. The van der Waals surface area contributed by atoms with E-state index < -0.39 is 0 Å². The van der Waals surface area contributed by atoms with Crippen LogP contribution in [0.25, 0.3) is 21.9 Å². The summed E-state index contributed by atoms with van der Waals surface area (Å²) >= 11 is 0. The Hall–Kier alpha value is -6.98. The molecule has 0 bridgehead atoms. The molecule has 0 N–H and O–H groups in total. The largest absolute Gasteiger partial charge is 0.454 e. The molecule has 11 rings (SSSR count). The van der Waals surface area contributed by atoms with Gasteiger partial charge < -0.3 is 19.1 Å². The predicted molar refractivity (Wildman–Crippen MR) is 320 cm³/mol. The molecular formula is C69H74BN3O. The summed E-state index contributed by atoms with van der Waals surface area (Å²) in [4.78, 5) is 7.61. The van der Waals surface area contributed by atoms with Gasteiger partial charge in [0.05, 0.1) is 11.4 Å². The molecule has 0 atom stereocenters. The van der Waals surface area contributed by atoms with Gasteiger partial charge in [0.25, 0.3) is 6.71 Å². The van der Waals surface area contributed by atoms with E-state index in [0.717, 1.165) is 81.6 Å². The Kier molecular flexibility index (Phi) is 12.1. The Balaban J connectivity index is 1.28. The zero-order valence-electron chi connectivity index (χ0n) is 46.2. The van der Waals surface area contributed by atoms with Crippen molar-refractivity contribution in [3.63, 3.8) is 0 Å². The van der Waals surface area contributed by atoms with Crippen molar-refractivity contribution in [1.82, 2.24) is 0 Å². The van der Waals surface area contributed by atoms with E-state index in [1.165, 1.54) is 61.4 Å². The highest BCUT2D eigenvalue weighted by molar-refractivity contribution is 7.00. The maximum atomic E-state index is 7.04. The number of nitrogens with zero attached hydrogens (tertiary/aromatic N) is 3. The second kappa shape index (κ2) is 18.1. The first kappa shape index (κ1) is 49.2. The molecule has 9 aromatic rings. The molecule has 2 aliphatic rings. The number of furan rings is 1. The minimum absolute atomic E-state index is 0.0177. The van der Waals surface area contributed by atoms with Gasteiger partial charge in [-0.15, -0.1) is 0 Å². The van der Waals surface area contributed by atoms with Gasteiger partial charge in [-0.25, -0.2) is 0 Å². The molecule has 8 aromatic carbocycles. The third-order valence-corrected chi connectivity index (χ3v) is 18.2. The lowest BCUT2D eigenvalue weighted by Crippen LogP contribution is -2.61. The lowest BCUT2D eigenvalue weighted by Gasteiger charge is -2.46. The number of aryl methyl sites for hydroxylation is 1. The number of rotatable bonds is 13. The first-order valence-corrected chi connectivity index (χ1v) is 27.5. The van der Waals surface area contributed by atoms with Crippen LogP contribution in [0.15, 0.2) is 168 Å². The van der Waals surface area contributed by atoms with Gasteiger partial charge in [-0.3, -0.25) is 0 Å². The van der Waals surface area contributed by atoms with Gasteiger partial charge in [0.1, 0.15) is 5.58 Å². The van der Waals surface area contributed by atoms with Crippen LogP contribution in [-0.2, 0) is 21.7 Å². The lowest BCUT2D eigenvalue weighted by molar-refractivity contribution is 0.506.